The van der Waals surface area contributed by atoms with Gasteiger partial charge in [-0.2, -0.15) is 31.6 Å². The number of nitrogens with zero attached hydrogens (tertiary/aromatic N) is 2. The van der Waals surface area contributed by atoms with E-state index in [9.17, 15) is 26.3 Å². The number of aliphatic imine (C=N–C) groups is 1. The first-order chi connectivity index (χ1) is 14.9. The highest BCUT2D eigenvalue weighted by Gasteiger charge is 2.48. The number of nitrogens with one attached hydrogen (secondary N) is 2. The van der Waals surface area contributed by atoms with Crippen LogP contribution in [0.2, 0.25) is 0 Å². The molecule has 2 rings (SSSR count). The second kappa shape index (κ2) is 14.0. The minimum absolute atomic E-state index is 0.00827. The topological polar surface area (TPSA) is 86.2 Å². The molecule has 0 fully saturated rings. The Morgan fingerprint density at radius 1 is 1.09 bits per heavy atom. The van der Waals surface area contributed by atoms with E-state index >= 15 is 0 Å². The molecule has 0 aromatic heterocycles. The molecule has 1 heterocycles. The highest BCUT2D eigenvalue weighted by Crippen LogP contribution is 2.37. The van der Waals surface area contributed by atoms with Gasteiger partial charge in [0.1, 0.15) is 11.4 Å². The smallest absolute Gasteiger partial charge is 0.342 e. The molecule has 1 aliphatic rings. The Morgan fingerprint density at radius 3 is 1.97 bits per heavy atom. The molecule has 0 saturated carbocycles. The molecule has 32 heavy (non-hydrogen) atoms. The number of nitriles is 1. The Hall–Kier alpha value is -2.32. The number of benzene rings is 1. The second-order valence-corrected chi connectivity index (χ2v) is 6.03. The number of hydrogen-bond donors (Lipinski definition) is 3. The lowest BCUT2D eigenvalue weighted by Crippen LogP contribution is -2.66. The summed E-state index contributed by atoms with van der Waals surface area (Å²) in [6.07, 6.45) is -9.62. The molecule has 0 bridgehead atoms. The first-order valence-corrected chi connectivity index (χ1v) is 10.4. The van der Waals surface area contributed by atoms with E-state index in [-0.39, 0.29) is 18.1 Å². The van der Waals surface area contributed by atoms with Gasteiger partial charge < -0.3 is 5.32 Å². The fraction of sp³-hybridized carbons (Fsp3) is 0.619. The number of alkyl halides is 6. The van der Waals surface area contributed by atoms with Gasteiger partial charge in [0.05, 0.1) is 29.7 Å². The number of rotatable bonds is 4. The first kappa shape index (κ1) is 31.9. The number of nitrogens with two attached hydrogens (primary N) is 1. The highest BCUT2D eigenvalue weighted by atomic mass is 19.4. The Morgan fingerprint density at radius 2 is 1.62 bits per heavy atom. The molecular formula is C21H33F6N5. The Labute approximate surface area is 186 Å². The van der Waals surface area contributed by atoms with Crippen molar-refractivity contribution in [1.82, 2.24) is 5.43 Å². The van der Waals surface area contributed by atoms with E-state index < -0.39 is 41.4 Å². The summed E-state index contributed by atoms with van der Waals surface area (Å²) < 4.78 is 77.5. The molecule has 11 heteroatoms. The molecule has 0 saturated heterocycles. The maximum absolute atomic E-state index is 13.0. The lowest BCUT2D eigenvalue weighted by molar-refractivity contribution is -0.174. The molecule has 1 aliphatic heterocycles. The van der Waals surface area contributed by atoms with Gasteiger partial charge in [-0.15, -0.1) is 0 Å². The van der Waals surface area contributed by atoms with Crippen LogP contribution < -0.4 is 16.6 Å². The maximum atomic E-state index is 13.0. The maximum Gasteiger partial charge on any atom is 0.417 e. The van der Waals surface area contributed by atoms with Crippen molar-refractivity contribution in [3.63, 3.8) is 0 Å². The van der Waals surface area contributed by atoms with E-state index in [1.807, 2.05) is 41.5 Å². The lowest BCUT2D eigenvalue weighted by atomic mass is 9.83. The van der Waals surface area contributed by atoms with Gasteiger partial charge in [-0.25, -0.2) is 5.43 Å². The van der Waals surface area contributed by atoms with Crippen LogP contribution in [-0.4, -0.2) is 24.1 Å². The minimum Gasteiger partial charge on any atom is -0.342 e. The average molecular weight is 470 g/mol. The molecule has 0 spiro atoms. The van der Waals surface area contributed by atoms with E-state index in [1.165, 1.54) is 12.1 Å². The van der Waals surface area contributed by atoms with Gasteiger partial charge >= 0.3 is 12.4 Å². The van der Waals surface area contributed by atoms with Crippen LogP contribution in [0.15, 0.2) is 23.2 Å². The average Bonchev–Trinajstić information content (AvgIpc) is 2.77. The van der Waals surface area contributed by atoms with E-state index in [4.69, 9.17) is 11.1 Å². The van der Waals surface area contributed by atoms with Crippen LogP contribution in [0.3, 0.4) is 0 Å². The van der Waals surface area contributed by atoms with Gasteiger partial charge in [-0.05, 0) is 24.6 Å². The summed E-state index contributed by atoms with van der Waals surface area (Å²) in [5, 5.41) is 11.4. The quantitative estimate of drug-likeness (QED) is 0.276. The summed E-state index contributed by atoms with van der Waals surface area (Å²) >= 11 is 0. The standard InChI is InChI=1S/C15H15F6N5.3C2H6/c1-8(14(16,17)18)5-13(26-23)7-24-12(13)25-10-3-2-9(6-22)11(4-10)15(19,20)21;3*1-2/h2-4,8,26H,5,7,23H2,1H3,(H,24,25);3*1-2H3/t8?,13-;;;/m1.../s1. The number of halogens is 6. The van der Waals surface area contributed by atoms with Crippen molar-refractivity contribution >= 4 is 11.5 Å². The molecule has 5 nitrogen and oxygen atoms in total. The number of hydrogen-bond acceptors (Lipinski definition) is 5. The zero-order valence-corrected chi connectivity index (χ0v) is 19.5. The van der Waals surface area contributed by atoms with Gasteiger partial charge in [0.2, 0.25) is 0 Å². The summed E-state index contributed by atoms with van der Waals surface area (Å²) in [6.45, 7) is 12.9. The predicted octanol–water partition coefficient (Wildman–Crippen LogP) is 6.27. The minimum atomic E-state index is -4.75. The van der Waals surface area contributed by atoms with Crippen LogP contribution in [0.25, 0.3) is 0 Å². The zero-order valence-electron chi connectivity index (χ0n) is 19.5. The highest BCUT2D eigenvalue weighted by molar-refractivity contribution is 6.06. The fourth-order valence-electron chi connectivity index (χ4n) is 2.57. The van der Waals surface area contributed by atoms with Crippen molar-refractivity contribution in [2.45, 2.75) is 72.8 Å². The van der Waals surface area contributed by atoms with Crippen LogP contribution in [-0.2, 0) is 6.18 Å². The van der Waals surface area contributed by atoms with Crippen LogP contribution in [0, 0.1) is 17.2 Å². The van der Waals surface area contributed by atoms with E-state index in [2.05, 4.69) is 15.7 Å². The monoisotopic (exact) mass is 469 g/mol. The molecule has 0 aliphatic carbocycles. The van der Waals surface area contributed by atoms with E-state index in [0.29, 0.717) is 6.07 Å². The largest absolute Gasteiger partial charge is 0.417 e. The third-order valence-electron chi connectivity index (χ3n) is 4.16. The Kier molecular flexibility index (Phi) is 13.9. The second-order valence-electron chi connectivity index (χ2n) is 6.03. The SMILES string of the molecule is CC.CC.CC.CC(C[C@@]1(NN)CN=C1Nc1ccc(C#N)c(C(F)(F)F)c1)C(F)(F)F. The fourth-order valence-corrected chi connectivity index (χ4v) is 2.57. The molecule has 1 aromatic rings. The van der Waals surface area contributed by atoms with Crippen LogP contribution in [0.5, 0.6) is 0 Å². The van der Waals surface area contributed by atoms with Crippen LogP contribution in [0.4, 0.5) is 32.0 Å². The van der Waals surface area contributed by atoms with Crippen LogP contribution in [0.1, 0.15) is 66.0 Å². The number of hydrazine groups is 1. The summed E-state index contributed by atoms with van der Waals surface area (Å²) in [4.78, 5) is 3.91. The van der Waals surface area contributed by atoms with E-state index in [1.54, 1.807) is 0 Å². The lowest BCUT2D eigenvalue weighted by Gasteiger charge is -2.42. The number of amidine groups is 1. The van der Waals surface area contributed by atoms with Gasteiger partial charge in [0, 0.05) is 5.69 Å². The van der Waals surface area contributed by atoms with Crippen molar-refractivity contribution in [3.8, 4) is 6.07 Å². The Balaban J connectivity index is 0. The molecule has 1 aromatic carbocycles. The van der Waals surface area contributed by atoms with Gasteiger partial charge in [0.15, 0.2) is 0 Å². The normalized spacial score (nSPS) is 18.0. The van der Waals surface area contributed by atoms with E-state index in [0.717, 1.165) is 13.0 Å². The van der Waals surface area contributed by atoms with Crippen molar-refractivity contribution in [3.05, 3.63) is 29.3 Å². The van der Waals surface area contributed by atoms with Crippen molar-refractivity contribution < 1.29 is 26.3 Å². The molecule has 0 radical (unpaired) electrons. The zero-order chi connectivity index (χ0) is 25.8. The Bertz CT molecular complexity index is 753. The van der Waals surface area contributed by atoms with Gasteiger partial charge in [-0.1, -0.05) is 48.5 Å². The molecule has 1 unspecified atom stereocenters. The molecular weight excluding hydrogens is 436 g/mol. The van der Waals surface area contributed by atoms with Gasteiger partial charge in [-0.3, -0.25) is 10.8 Å². The molecule has 4 N–H and O–H groups in total. The summed E-state index contributed by atoms with van der Waals surface area (Å²) in [5.74, 6) is 3.70. The van der Waals surface area contributed by atoms with Crippen molar-refractivity contribution in [2.75, 3.05) is 11.9 Å². The van der Waals surface area contributed by atoms with Gasteiger partial charge in [0.25, 0.3) is 0 Å². The van der Waals surface area contributed by atoms with Crippen LogP contribution >= 0.6 is 0 Å². The predicted molar refractivity (Wildman–Crippen MR) is 116 cm³/mol. The van der Waals surface area contributed by atoms with Crippen molar-refractivity contribution in [2.24, 2.45) is 16.8 Å². The summed E-state index contributed by atoms with van der Waals surface area (Å²) in [7, 11) is 0. The summed E-state index contributed by atoms with van der Waals surface area (Å²) in [5.41, 5.74) is -0.807. The molecule has 184 valence electrons. The molecule has 0 amide bonds. The first-order valence-electron chi connectivity index (χ1n) is 10.4. The van der Waals surface area contributed by atoms with Crippen molar-refractivity contribution in [1.29, 1.82) is 5.26 Å². The summed E-state index contributed by atoms with van der Waals surface area (Å²) in [6, 6.07) is 4.33. The third kappa shape index (κ3) is 8.31. The third-order valence-corrected chi connectivity index (χ3v) is 4.16. The molecule has 2 atom stereocenters. The number of anilines is 1.